The summed E-state index contributed by atoms with van der Waals surface area (Å²) in [5, 5.41) is 6.00. The molecule has 0 radical (unpaired) electrons. The summed E-state index contributed by atoms with van der Waals surface area (Å²) in [6.45, 7) is 8.85. The first-order chi connectivity index (χ1) is 35.5. The molecule has 3 heteroatoms. The molecule has 3 nitrogen and oxygen atoms in total. The van der Waals surface area contributed by atoms with Crippen molar-refractivity contribution in [2.75, 3.05) is 6.54 Å². The van der Waals surface area contributed by atoms with Gasteiger partial charge >= 0.3 is 0 Å². The maximum absolute atomic E-state index is 5.31. The minimum atomic E-state index is 0.721. The van der Waals surface area contributed by atoms with Gasteiger partial charge in [0.1, 0.15) is 0 Å². The van der Waals surface area contributed by atoms with E-state index in [0.717, 1.165) is 107 Å². The zero-order chi connectivity index (χ0) is 48.6. The minimum Gasteiger partial charge on any atom is -0.381 e. The topological polar surface area (TPSA) is 37.8 Å². The number of benzene rings is 8. The lowest BCUT2D eigenvalue weighted by molar-refractivity contribution is 0.986. The number of fused-ring (bicyclic) bond motifs is 2. The number of allylic oxidation sites excluding steroid dienone is 3. The molecule has 0 spiro atoms. The van der Waals surface area contributed by atoms with Gasteiger partial charge in [0.25, 0.3) is 0 Å². The number of nitrogens with zero attached hydrogens (tertiary/aromatic N) is 2. The van der Waals surface area contributed by atoms with Gasteiger partial charge in [0.15, 0.2) is 0 Å². The molecule has 2 aromatic heterocycles. The third-order valence-electron chi connectivity index (χ3n) is 13.5. The Morgan fingerprint density at radius 3 is 1.54 bits per heavy atom. The Bertz CT molecular complexity index is 3710. The molecular formula is C69H53N3. The second kappa shape index (κ2) is 20.8. The van der Waals surface area contributed by atoms with Gasteiger partial charge in [-0.05, 0) is 145 Å². The Morgan fingerprint density at radius 1 is 0.403 bits per heavy atom. The number of dihydropyridines is 1. The average Bonchev–Trinajstić information content (AvgIpc) is 3.47. The first kappa shape index (κ1) is 45.3. The highest BCUT2D eigenvalue weighted by Gasteiger charge is 2.17. The summed E-state index contributed by atoms with van der Waals surface area (Å²) in [7, 11) is 0. The van der Waals surface area contributed by atoms with Crippen molar-refractivity contribution in [3.8, 4) is 67.3 Å². The van der Waals surface area contributed by atoms with E-state index in [9.17, 15) is 0 Å². The fourth-order valence-corrected chi connectivity index (χ4v) is 9.69. The van der Waals surface area contributed by atoms with Crippen LogP contribution in [0, 0.1) is 0 Å². The molecule has 1 aliphatic carbocycles. The Morgan fingerprint density at radius 2 is 0.917 bits per heavy atom. The van der Waals surface area contributed by atoms with E-state index < -0.39 is 0 Å². The molecule has 0 saturated heterocycles. The smallest absolute Gasteiger partial charge is 0.0715 e. The van der Waals surface area contributed by atoms with Crippen molar-refractivity contribution in [2.24, 2.45) is 0 Å². The van der Waals surface area contributed by atoms with Crippen molar-refractivity contribution in [3.05, 3.63) is 283 Å². The number of hydrogen-bond acceptors (Lipinski definition) is 3. The molecule has 8 aromatic carbocycles. The van der Waals surface area contributed by atoms with Crippen LogP contribution in [0.15, 0.2) is 250 Å². The quantitative estimate of drug-likeness (QED) is 0.149. The van der Waals surface area contributed by atoms with Crippen molar-refractivity contribution in [2.45, 2.75) is 12.8 Å². The van der Waals surface area contributed by atoms with Crippen LogP contribution in [-0.4, -0.2) is 16.5 Å². The summed E-state index contributed by atoms with van der Waals surface area (Å²) in [6, 6.07) is 77.4. The van der Waals surface area contributed by atoms with Gasteiger partial charge in [0, 0.05) is 34.5 Å². The lowest BCUT2D eigenvalue weighted by atomic mass is 9.90. The van der Waals surface area contributed by atoms with Gasteiger partial charge in [-0.15, -0.1) is 0 Å². The highest BCUT2D eigenvalue weighted by Crippen LogP contribution is 2.39. The van der Waals surface area contributed by atoms with Crippen LogP contribution in [0.2, 0.25) is 0 Å². The molecule has 0 amide bonds. The molecule has 344 valence electrons. The second-order valence-corrected chi connectivity index (χ2v) is 18.2. The van der Waals surface area contributed by atoms with Crippen LogP contribution < -0.4 is 5.32 Å². The first-order valence-corrected chi connectivity index (χ1v) is 24.7. The van der Waals surface area contributed by atoms with Crippen molar-refractivity contribution in [3.63, 3.8) is 0 Å². The van der Waals surface area contributed by atoms with Gasteiger partial charge in [-0.2, -0.15) is 0 Å². The van der Waals surface area contributed by atoms with E-state index in [-0.39, 0.29) is 0 Å². The van der Waals surface area contributed by atoms with Gasteiger partial charge in [-0.3, -0.25) is 0 Å². The lowest BCUT2D eigenvalue weighted by Crippen LogP contribution is -2.16. The molecule has 3 heterocycles. The van der Waals surface area contributed by atoms with Gasteiger partial charge in [-0.25, -0.2) is 9.97 Å². The van der Waals surface area contributed by atoms with E-state index >= 15 is 0 Å². The third kappa shape index (κ3) is 9.96. The largest absolute Gasteiger partial charge is 0.381 e. The molecule has 1 N–H and O–H groups in total. The Balaban J connectivity index is 0.000000497. The molecule has 0 unspecified atom stereocenters. The number of aromatic nitrogens is 2. The van der Waals surface area contributed by atoms with Gasteiger partial charge < -0.3 is 5.32 Å². The fraction of sp³-hybridized carbons (Fsp3) is 0.0435. The normalized spacial score (nSPS) is 12.6. The van der Waals surface area contributed by atoms with Crippen LogP contribution in [-0.2, 0) is 6.42 Å². The average molecular weight is 924 g/mol. The highest BCUT2D eigenvalue weighted by molar-refractivity contribution is 5.92. The summed E-state index contributed by atoms with van der Waals surface area (Å²) >= 11 is 0. The van der Waals surface area contributed by atoms with Crippen molar-refractivity contribution < 1.29 is 0 Å². The number of aryl methyl sites for hydroxylation is 1. The molecular weight excluding hydrogens is 871 g/mol. The second-order valence-electron chi connectivity index (χ2n) is 18.2. The molecule has 0 bridgehead atoms. The van der Waals surface area contributed by atoms with E-state index in [1.165, 1.54) is 34.7 Å². The minimum absolute atomic E-state index is 0.721. The zero-order valence-corrected chi connectivity index (χ0v) is 40.2. The monoisotopic (exact) mass is 923 g/mol. The number of nitrogens with one attached hydrogen (secondary N) is 1. The van der Waals surface area contributed by atoms with Crippen molar-refractivity contribution >= 4 is 40.3 Å². The molecule has 0 atom stereocenters. The molecule has 0 saturated carbocycles. The van der Waals surface area contributed by atoms with Crippen LogP contribution in [0.4, 0.5) is 0 Å². The summed E-state index contributed by atoms with van der Waals surface area (Å²) < 4.78 is 0. The number of rotatable bonds is 10. The van der Waals surface area contributed by atoms with E-state index in [1.54, 1.807) is 0 Å². The van der Waals surface area contributed by atoms with Gasteiger partial charge in [0.05, 0.1) is 22.8 Å². The van der Waals surface area contributed by atoms with Crippen LogP contribution in [0.5, 0.6) is 0 Å². The third-order valence-corrected chi connectivity index (χ3v) is 13.5. The summed E-state index contributed by atoms with van der Waals surface area (Å²) in [4.78, 5) is 10.6. The summed E-state index contributed by atoms with van der Waals surface area (Å²) in [5.41, 5.74) is 21.6. The molecule has 12 rings (SSSR count). The Labute approximate surface area is 423 Å². The standard InChI is InChI=1S/C59H43N3.C10H10/c1-3-40-24-26-48(30-41(40)4-2)58-38-53(36-56(61-58)44-19-10-6-11-20-44)51-32-50(47-28-29-60-55(35-47)43-17-8-5-9-18-43)33-52(34-51)54-37-57(45-21-12-7-13-22-45)62-59(39-54)49-27-25-42-16-14-15-23-46(42)31-49;1-2-6-10-8-4-3-7-9(10)5-1/h3-28,30-39,60H,1-2,29H2;1-3,5-7H,4,8H2. The first-order valence-electron chi connectivity index (χ1n) is 24.7. The van der Waals surface area contributed by atoms with Gasteiger partial charge in [-0.1, -0.05) is 207 Å². The Hall–Kier alpha value is -9.18. The predicted octanol–water partition coefficient (Wildman–Crippen LogP) is 17.6. The number of hydrogen-bond donors (Lipinski definition) is 1. The van der Waals surface area contributed by atoms with Crippen LogP contribution in [0.1, 0.15) is 39.8 Å². The highest BCUT2D eigenvalue weighted by atomic mass is 14.9. The molecule has 10 aromatic rings. The Kier molecular flexibility index (Phi) is 13.1. The van der Waals surface area contributed by atoms with Crippen LogP contribution in [0.25, 0.3) is 108 Å². The van der Waals surface area contributed by atoms with Crippen molar-refractivity contribution in [1.29, 1.82) is 0 Å². The molecule has 72 heavy (non-hydrogen) atoms. The lowest BCUT2D eigenvalue weighted by Gasteiger charge is -2.19. The van der Waals surface area contributed by atoms with Crippen LogP contribution >= 0.6 is 0 Å². The van der Waals surface area contributed by atoms with E-state index in [1.807, 2.05) is 18.2 Å². The SMILES string of the molecule is C1=Cc2ccccc2CC1.C=Cc1ccc(-c2cc(-c3cc(C4=CCNC(c5ccccc5)=C4)cc(-c4cc(-c5ccccc5)nc(-c5ccc6ccccc6c5)c4)c3)cc(-c3ccccc3)n2)cc1C=C. The van der Waals surface area contributed by atoms with Gasteiger partial charge in [0.2, 0.25) is 0 Å². The van der Waals surface area contributed by atoms with E-state index in [2.05, 4.69) is 255 Å². The summed E-state index contributed by atoms with van der Waals surface area (Å²) in [6.07, 6.45) is 15.2. The van der Waals surface area contributed by atoms with E-state index in [0.29, 0.717) is 0 Å². The maximum Gasteiger partial charge on any atom is 0.0715 e. The maximum atomic E-state index is 5.31. The van der Waals surface area contributed by atoms with Crippen LogP contribution in [0.3, 0.4) is 0 Å². The molecule has 1 aliphatic heterocycles. The zero-order valence-electron chi connectivity index (χ0n) is 40.2. The molecule has 2 aliphatic rings. The predicted molar refractivity (Wildman–Crippen MR) is 307 cm³/mol. The van der Waals surface area contributed by atoms with Crippen molar-refractivity contribution in [1.82, 2.24) is 15.3 Å². The summed E-state index contributed by atoms with van der Waals surface area (Å²) in [5.74, 6) is 0. The molecule has 0 fully saturated rings. The number of pyridine rings is 2. The fourth-order valence-electron chi connectivity index (χ4n) is 9.69. The van der Waals surface area contributed by atoms with E-state index in [4.69, 9.17) is 9.97 Å².